The van der Waals surface area contributed by atoms with Crippen molar-refractivity contribution >= 4 is 29.4 Å². The quantitative estimate of drug-likeness (QED) is 0.701. The first kappa shape index (κ1) is 18.7. The number of nitrogens with one attached hydrogen (secondary N) is 2. The number of thioether (sulfide) groups is 1. The van der Waals surface area contributed by atoms with E-state index in [0.29, 0.717) is 23.8 Å². The summed E-state index contributed by atoms with van der Waals surface area (Å²) in [7, 11) is 1.60. The molecule has 0 atom stereocenters. The van der Waals surface area contributed by atoms with E-state index in [2.05, 4.69) is 20.8 Å². The number of para-hydroxylation sites is 1. The van der Waals surface area contributed by atoms with E-state index in [1.54, 1.807) is 26.2 Å². The summed E-state index contributed by atoms with van der Waals surface area (Å²) in [5.41, 5.74) is 0.916. The van der Waals surface area contributed by atoms with Crippen LogP contribution in [0.4, 0.5) is 5.82 Å². The number of aromatic nitrogens is 2. The molecule has 0 bridgehead atoms. The van der Waals surface area contributed by atoms with Gasteiger partial charge < -0.3 is 15.4 Å². The van der Waals surface area contributed by atoms with Crippen molar-refractivity contribution in [2.45, 2.75) is 24.9 Å². The molecular formula is C17H20N4O3S. The van der Waals surface area contributed by atoms with Crippen molar-refractivity contribution in [3.8, 4) is 5.75 Å². The van der Waals surface area contributed by atoms with Gasteiger partial charge in [-0.25, -0.2) is 0 Å². The summed E-state index contributed by atoms with van der Waals surface area (Å²) < 4.78 is 5.25. The van der Waals surface area contributed by atoms with Crippen LogP contribution >= 0.6 is 11.8 Å². The van der Waals surface area contributed by atoms with Gasteiger partial charge in [-0.1, -0.05) is 36.9 Å². The molecule has 1 heterocycles. The molecule has 0 aliphatic rings. The molecule has 7 nitrogen and oxygen atoms in total. The van der Waals surface area contributed by atoms with Crippen molar-refractivity contribution in [3.05, 3.63) is 42.0 Å². The summed E-state index contributed by atoms with van der Waals surface area (Å²) >= 11 is 1.28. The zero-order chi connectivity index (χ0) is 18.1. The highest BCUT2D eigenvalue weighted by atomic mass is 32.2. The number of carbonyl (C=O) groups excluding carboxylic acids is 2. The van der Waals surface area contributed by atoms with Crippen LogP contribution < -0.4 is 15.4 Å². The number of anilines is 1. The molecule has 0 saturated heterocycles. The van der Waals surface area contributed by atoms with Crippen LogP contribution in [0.3, 0.4) is 0 Å². The molecule has 0 saturated carbocycles. The molecule has 8 heteroatoms. The largest absolute Gasteiger partial charge is 0.496 e. The smallest absolute Gasteiger partial charge is 0.230 e. The van der Waals surface area contributed by atoms with E-state index in [0.717, 1.165) is 11.3 Å². The van der Waals surface area contributed by atoms with Gasteiger partial charge in [0, 0.05) is 18.5 Å². The van der Waals surface area contributed by atoms with E-state index in [1.165, 1.54) is 11.8 Å². The minimum Gasteiger partial charge on any atom is -0.496 e. The molecule has 0 aliphatic carbocycles. The maximum absolute atomic E-state index is 12.0. The third-order valence-corrected chi connectivity index (χ3v) is 4.17. The highest BCUT2D eigenvalue weighted by Gasteiger charge is 2.07. The van der Waals surface area contributed by atoms with Crippen LogP contribution in [0.2, 0.25) is 0 Å². The van der Waals surface area contributed by atoms with Gasteiger partial charge in [0.05, 0.1) is 12.9 Å². The average Bonchev–Trinajstić information content (AvgIpc) is 2.65. The number of carbonyl (C=O) groups is 2. The molecule has 2 aromatic rings. The Kier molecular flexibility index (Phi) is 7.21. The van der Waals surface area contributed by atoms with Crippen LogP contribution in [-0.4, -0.2) is 34.9 Å². The lowest BCUT2D eigenvalue weighted by Crippen LogP contribution is -2.24. The second-order valence-corrected chi connectivity index (χ2v) is 6.03. The Balaban J connectivity index is 1.79. The summed E-state index contributed by atoms with van der Waals surface area (Å²) in [4.78, 5) is 23.2. The predicted molar refractivity (Wildman–Crippen MR) is 96.5 cm³/mol. The summed E-state index contributed by atoms with van der Waals surface area (Å²) in [5.74, 6) is 1.14. The summed E-state index contributed by atoms with van der Waals surface area (Å²) in [6, 6.07) is 10.9. The summed E-state index contributed by atoms with van der Waals surface area (Å²) in [5, 5.41) is 14.0. The number of hydrogen-bond acceptors (Lipinski definition) is 6. The normalized spacial score (nSPS) is 10.2. The molecule has 0 radical (unpaired) electrons. The van der Waals surface area contributed by atoms with Gasteiger partial charge in [0.25, 0.3) is 0 Å². The molecule has 2 N–H and O–H groups in total. The van der Waals surface area contributed by atoms with E-state index in [-0.39, 0.29) is 17.6 Å². The minimum atomic E-state index is -0.120. The second kappa shape index (κ2) is 9.63. The molecule has 25 heavy (non-hydrogen) atoms. The molecule has 2 amide bonds. The van der Waals surface area contributed by atoms with Crippen molar-refractivity contribution in [2.75, 3.05) is 18.2 Å². The van der Waals surface area contributed by atoms with E-state index in [9.17, 15) is 9.59 Å². The third kappa shape index (κ3) is 6.07. The fraction of sp³-hybridized carbons (Fsp3) is 0.294. The van der Waals surface area contributed by atoms with Gasteiger partial charge in [-0.3, -0.25) is 9.59 Å². The molecule has 1 aromatic heterocycles. The van der Waals surface area contributed by atoms with Gasteiger partial charge >= 0.3 is 0 Å². The Morgan fingerprint density at radius 2 is 1.92 bits per heavy atom. The number of methoxy groups -OCH3 is 1. The van der Waals surface area contributed by atoms with Gasteiger partial charge in [-0.15, -0.1) is 10.2 Å². The van der Waals surface area contributed by atoms with Crippen LogP contribution in [0.25, 0.3) is 0 Å². The number of hydrogen-bond donors (Lipinski definition) is 2. The fourth-order valence-corrected chi connectivity index (χ4v) is 2.57. The fourth-order valence-electron chi connectivity index (χ4n) is 1.93. The first-order valence-electron chi connectivity index (χ1n) is 7.77. The minimum absolute atomic E-state index is 0.110. The molecule has 0 spiro atoms. The van der Waals surface area contributed by atoms with Gasteiger partial charge in [0.2, 0.25) is 11.8 Å². The maximum atomic E-state index is 12.0. The number of nitrogens with zero attached hydrogens (tertiary/aromatic N) is 2. The first-order chi connectivity index (χ1) is 12.1. The predicted octanol–water partition coefficient (Wildman–Crippen LogP) is 2.24. The second-order valence-electron chi connectivity index (χ2n) is 5.04. The standard InChI is InChI=1S/C17H20N4O3S/c1-3-15(22)19-14-8-9-17(21-20-14)25-11-16(23)18-10-12-6-4-5-7-13(12)24-2/h4-9H,3,10-11H2,1-2H3,(H,18,23)(H,19,20,22). The average molecular weight is 360 g/mol. The van der Waals surface area contributed by atoms with Crippen LogP contribution in [0.15, 0.2) is 41.4 Å². The maximum Gasteiger partial charge on any atom is 0.230 e. The molecule has 0 aliphatic heterocycles. The number of amides is 2. The molecule has 132 valence electrons. The highest BCUT2D eigenvalue weighted by molar-refractivity contribution is 7.99. The molecule has 0 unspecified atom stereocenters. The number of rotatable bonds is 8. The molecule has 1 aromatic carbocycles. The summed E-state index contributed by atoms with van der Waals surface area (Å²) in [6.07, 6.45) is 0.380. The first-order valence-corrected chi connectivity index (χ1v) is 8.76. The van der Waals surface area contributed by atoms with Crippen molar-refractivity contribution in [2.24, 2.45) is 0 Å². The van der Waals surface area contributed by atoms with Crippen molar-refractivity contribution in [3.63, 3.8) is 0 Å². The highest BCUT2D eigenvalue weighted by Crippen LogP contribution is 2.18. The zero-order valence-corrected chi connectivity index (χ0v) is 14.9. The van der Waals surface area contributed by atoms with Gasteiger partial charge in [-0.05, 0) is 18.2 Å². The van der Waals surface area contributed by atoms with Crippen LogP contribution in [0.5, 0.6) is 5.75 Å². The Hall–Kier alpha value is -2.61. The third-order valence-electron chi connectivity index (χ3n) is 3.25. The van der Waals surface area contributed by atoms with Gasteiger partial charge in [0.15, 0.2) is 5.82 Å². The molecule has 2 rings (SSSR count). The summed E-state index contributed by atoms with van der Waals surface area (Å²) in [6.45, 7) is 2.16. The van der Waals surface area contributed by atoms with E-state index >= 15 is 0 Å². The Morgan fingerprint density at radius 3 is 2.60 bits per heavy atom. The van der Waals surface area contributed by atoms with E-state index in [1.807, 2.05) is 24.3 Å². The van der Waals surface area contributed by atoms with Crippen LogP contribution in [0.1, 0.15) is 18.9 Å². The lowest BCUT2D eigenvalue weighted by molar-refractivity contribution is -0.118. The Labute approximate surface area is 150 Å². The zero-order valence-electron chi connectivity index (χ0n) is 14.1. The van der Waals surface area contributed by atoms with Crippen LogP contribution in [0, 0.1) is 0 Å². The van der Waals surface area contributed by atoms with Crippen LogP contribution in [-0.2, 0) is 16.1 Å². The van der Waals surface area contributed by atoms with Crippen molar-refractivity contribution < 1.29 is 14.3 Å². The van der Waals surface area contributed by atoms with E-state index < -0.39 is 0 Å². The number of ether oxygens (including phenoxy) is 1. The molecule has 0 fully saturated rings. The van der Waals surface area contributed by atoms with E-state index in [4.69, 9.17) is 4.74 Å². The van der Waals surface area contributed by atoms with Crippen molar-refractivity contribution in [1.29, 1.82) is 0 Å². The SMILES string of the molecule is CCC(=O)Nc1ccc(SCC(=O)NCc2ccccc2OC)nn1. The number of benzene rings is 1. The van der Waals surface area contributed by atoms with Gasteiger partial charge in [-0.2, -0.15) is 0 Å². The lowest BCUT2D eigenvalue weighted by atomic mass is 10.2. The van der Waals surface area contributed by atoms with Crippen molar-refractivity contribution in [1.82, 2.24) is 15.5 Å². The Bertz CT molecular complexity index is 722. The monoisotopic (exact) mass is 360 g/mol. The Morgan fingerprint density at radius 1 is 1.12 bits per heavy atom. The molecular weight excluding hydrogens is 340 g/mol. The van der Waals surface area contributed by atoms with Gasteiger partial charge in [0.1, 0.15) is 10.8 Å². The topological polar surface area (TPSA) is 93.2 Å². The lowest BCUT2D eigenvalue weighted by Gasteiger charge is -2.09.